The molecule has 6 heavy (non-hydrogen) atoms. The molecule has 0 saturated carbocycles. The third kappa shape index (κ3) is 4.75. The summed E-state index contributed by atoms with van der Waals surface area (Å²) in [5.41, 5.74) is 0. The highest BCUT2D eigenvalue weighted by molar-refractivity contribution is 8.02. The Kier molecular flexibility index (Phi) is 4.41. The van der Waals surface area contributed by atoms with Crippen LogP contribution in [0.2, 0.25) is 0 Å². The van der Waals surface area contributed by atoms with Crippen LogP contribution in [0.4, 0.5) is 0 Å². The molecule has 0 saturated heterocycles. The van der Waals surface area contributed by atoms with Crippen molar-refractivity contribution in [3.05, 3.63) is 0 Å². The van der Waals surface area contributed by atoms with Crippen LogP contribution in [0.25, 0.3) is 0 Å². The highest BCUT2D eigenvalue weighted by atomic mass is 35.9. The summed E-state index contributed by atoms with van der Waals surface area (Å²) in [6, 6.07) is 0. The number of hydrogen-bond donors (Lipinski definition) is 0. The van der Waals surface area contributed by atoms with Crippen molar-refractivity contribution in [2.24, 2.45) is 0 Å². The summed E-state index contributed by atoms with van der Waals surface area (Å²) >= 11 is 10.7. The van der Waals surface area contributed by atoms with E-state index < -0.39 is 6.25 Å². The lowest BCUT2D eigenvalue weighted by molar-refractivity contribution is 1.35. The van der Waals surface area contributed by atoms with E-state index in [-0.39, 0.29) is 0 Å². The average Bonchev–Trinajstić information content (AvgIpc) is 1.35. The summed E-state index contributed by atoms with van der Waals surface area (Å²) in [6.45, 7) is 2.01. The molecule has 0 unspecified atom stereocenters. The van der Waals surface area contributed by atoms with Crippen LogP contribution in [0.5, 0.6) is 0 Å². The van der Waals surface area contributed by atoms with E-state index in [9.17, 15) is 0 Å². The number of hydrogen-bond acceptors (Lipinski definition) is 0. The molecule has 0 amide bonds. The fourth-order valence-corrected chi connectivity index (χ4v) is 1.24. The lowest BCUT2D eigenvalue weighted by Crippen LogP contribution is -1.53. The smallest absolute Gasteiger partial charge is 0.0581 e. The summed E-state index contributed by atoms with van der Waals surface area (Å²) < 4.78 is 0. The molecule has 0 heterocycles. The normalized spacial score (nSPS) is 7.83. The molecule has 0 rings (SSSR count). The van der Waals surface area contributed by atoms with Crippen LogP contribution in [0, 0.1) is 0 Å². The van der Waals surface area contributed by atoms with Gasteiger partial charge in [0.2, 0.25) is 0 Å². The van der Waals surface area contributed by atoms with Gasteiger partial charge in [0.05, 0.1) is 0 Å². The second-order valence-corrected chi connectivity index (χ2v) is 4.44. The van der Waals surface area contributed by atoms with Crippen molar-refractivity contribution in [1.29, 1.82) is 0 Å². The summed E-state index contributed by atoms with van der Waals surface area (Å²) in [4.78, 5) is 0. The van der Waals surface area contributed by atoms with Gasteiger partial charge in [0, 0.05) is 6.42 Å². The molecule has 0 bridgehead atoms. The molecule has 0 N–H and O–H groups in total. The Morgan fingerprint density at radius 1 is 1.67 bits per heavy atom. The summed E-state index contributed by atoms with van der Waals surface area (Å²) in [5, 5.41) is 0. The first-order chi connectivity index (χ1) is 2.77. The van der Waals surface area contributed by atoms with E-state index in [1.165, 1.54) is 0 Å². The summed E-state index contributed by atoms with van der Waals surface area (Å²) in [5.74, 6) is 1.89. The molecule has 0 aromatic heterocycles. The minimum absolute atomic E-state index is 0.781. The third-order valence-electron chi connectivity index (χ3n) is 0.321. The molecule has 0 aromatic rings. The summed E-state index contributed by atoms with van der Waals surface area (Å²) in [7, 11) is 0. The van der Waals surface area contributed by atoms with Crippen LogP contribution < -0.4 is 0 Å². The van der Waals surface area contributed by atoms with Gasteiger partial charge in [0.25, 0.3) is 0 Å². The molecule has 3 heteroatoms. The summed E-state index contributed by atoms with van der Waals surface area (Å²) in [6.07, 6.45) is 0.190. The molecular weight excluding hydrogens is 138 g/mol. The van der Waals surface area contributed by atoms with Crippen molar-refractivity contribution in [2.45, 2.75) is 13.3 Å². The first kappa shape index (κ1) is 6.75. The first-order valence-corrected chi connectivity index (χ1v) is 4.93. The van der Waals surface area contributed by atoms with Crippen molar-refractivity contribution in [3.63, 3.8) is 0 Å². The first-order valence-electron chi connectivity index (χ1n) is 1.71. The van der Waals surface area contributed by atoms with Crippen LogP contribution in [-0.4, -0.2) is 5.80 Å². The zero-order chi connectivity index (χ0) is 4.99. The second kappa shape index (κ2) is 3.92. The van der Waals surface area contributed by atoms with Gasteiger partial charge < -0.3 is 0 Å². The maximum absolute atomic E-state index is 5.35. The molecule has 0 radical (unpaired) electrons. The van der Waals surface area contributed by atoms with Crippen LogP contribution in [0.1, 0.15) is 13.3 Å². The Labute approximate surface area is 48.4 Å². The van der Waals surface area contributed by atoms with E-state index in [0.717, 1.165) is 6.42 Å². The standard InChI is InChI=1S/C3H6Cl2P/c1-2-3-6(4)5/h3H,2H2,1H3/q+1. The quantitative estimate of drug-likeness (QED) is 0.496. The zero-order valence-corrected chi connectivity index (χ0v) is 5.89. The van der Waals surface area contributed by atoms with Crippen LogP contribution >= 0.6 is 28.7 Å². The van der Waals surface area contributed by atoms with Gasteiger partial charge in [0.15, 0.2) is 22.5 Å². The van der Waals surface area contributed by atoms with E-state index in [1.54, 1.807) is 0 Å². The van der Waals surface area contributed by atoms with Gasteiger partial charge in [0.1, 0.15) is 5.80 Å². The lowest BCUT2D eigenvalue weighted by atomic mass is 10.6. The molecule has 0 aromatic carbocycles. The van der Waals surface area contributed by atoms with Crippen LogP contribution in [-0.2, 0) is 0 Å². The monoisotopic (exact) mass is 143 g/mol. The largest absolute Gasteiger partial charge is 0.319 e. The van der Waals surface area contributed by atoms with Crippen LogP contribution in [0.3, 0.4) is 0 Å². The van der Waals surface area contributed by atoms with Crippen molar-refractivity contribution in [1.82, 2.24) is 0 Å². The second-order valence-electron chi connectivity index (χ2n) is 0.850. The maximum atomic E-state index is 5.35. The highest BCUT2D eigenvalue weighted by Crippen LogP contribution is 2.33. The van der Waals surface area contributed by atoms with E-state index in [0.29, 0.717) is 0 Å². The molecular formula is C3H6Cl2P+. The van der Waals surface area contributed by atoms with Gasteiger partial charge in [-0.2, -0.15) is 0 Å². The molecule has 0 aliphatic rings. The highest BCUT2D eigenvalue weighted by Gasteiger charge is 1.93. The van der Waals surface area contributed by atoms with Gasteiger partial charge >= 0.3 is 6.25 Å². The van der Waals surface area contributed by atoms with Gasteiger partial charge in [-0.25, -0.2) is 0 Å². The predicted molar refractivity (Wildman–Crippen MR) is 35.0 cm³/mol. The maximum Gasteiger partial charge on any atom is 0.319 e. The predicted octanol–water partition coefficient (Wildman–Crippen LogP) is 2.99. The molecule has 0 fully saturated rings. The fourth-order valence-electron chi connectivity index (χ4n) is 0.138. The Balaban J connectivity index is 3.14. The van der Waals surface area contributed by atoms with E-state index in [4.69, 9.17) is 22.5 Å². The fraction of sp³-hybridized carbons (Fsp3) is 0.667. The Hall–Kier alpha value is 0.750. The third-order valence-corrected chi connectivity index (χ3v) is 1.79. The molecule has 0 aliphatic heterocycles. The number of rotatable bonds is 1. The Bertz CT molecular complexity index is 55.8. The SMILES string of the molecule is CCC=[P+](Cl)Cl. The topological polar surface area (TPSA) is 0 Å². The molecule has 0 aliphatic carbocycles. The van der Waals surface area contributed by atoms with Gasteiger partial charge in [-0.3, -0.25) is 0 Å². The number of halogens is 2. The Morgan fingerprint density at radius 2 is 2.17 bits per heavy atom. The van der Waals surface area contributed by atoms with Gasteiger partial charge in [-0.1, -0.05) is 6.92 Å². The minimum atomic E-state index is -0.781. The van der Waals surface area contributed by atoms with Crippen molar-refractivity contribution < 1.29 is 0 Å². The van der Waals surface area contributed by atoms with Gasteiger partial charge in [-0.05, 0) is 0 Å². The van der Waals surface area contributed by atoms with Crippen molar-refractivity contribution in [2.75, 3.05) is 0 Å². The molecule has 36 valence electrons. The van der Waals surface area contributed by atoms with Crippen molar-refractivity contribution >= 4 is 34.5 Å². The molecule has 0 atom stereocenters. The molecule has 0 nitrogen and oxygen atoms in total. The average molecular weight is 144 g/mol. The van der Waals surface area contributed by atoms with Crippen molar-refractivity contribution in [3.8, 4) is 0 Å². The minimum Gasteiger partial charge on any atom is -0.0581 e. The van der Waals surface area contributed by atoms with E-state index in [2.05, 4.69) is 0 Å². The molecule has 0 spiro atoms. The zero-order valence-electron chi connectivity index (χ0n) is 3.49. The lowest BCUT2D eigenvalue weighted by Gasteiger charge is -1.59. The van der Waals surface area contributed by atoms with Crippen LogP contribution in [0.15, 0.2) is 0 Å². The van der Waals surface area contributed by atoms with E-state index in [1.807, 2.05) is 12.7 Å². The van der Waals surface area contributed by atoms with Gasteiger partial charge in [-0.15, -0.1) is 0 Å². The van der Waals surface area contributed by atoms with E-state index >= 15 is 0 Å². The Morgan fingerprint density at radius 3 is 2.17 bits per heavy atom.